The topological polar surface area (TPSA) is 40.2 Å². The maximum absolute atomic E-state index is 11.3. The molecule has 0 fully saturated rings. The Hall–Kier alpha value is -1.98. The third-order valence-electron chi connectivity index (χ3n) is 3.79. The molecule has 1 aliphatic heterocycles. The maximum Gasteiger partial charge on any atom is 0.401 e. The van der Waals surface area contributed by atoms with Gasteiger partial charge in [-0.1, -0.05) is 41.4 Å². The molecule has 4 rings (SSSR count). The number of hydrogen-bond donors (Lipinski definition) is 1. The van der Waals surface area contributed by atoms with E-state index in [4.69, 9.17) is 0 Å². The molecule has 1 atom stereocenters. The van der Waals surface area contributed by atoms with E-state index in [0.717, 1.165) is 17.2 Å². The summed E-state index contributed by atoms with van der Waals surface area (Å²) in [6, 6.07) is 11.6. The summed E-state index contributed by atoms with van der Waals surface area (Å²) in [4.78, 5) is 6.31. The van der Waals surface area contributed by atoms with Gasteiger partial charge in [0.25, 0.3) is 0 Å². The van der Waals surface area contributed by atoms with E-state index >= 15 is 0 Å². The first kappa shape index (κ1) is 14.0. The zero-order chi connectivity index (χ0) is 13.6. The molecule has 0 saturated heterocycles. The summed E-state index contributed by atoms with van der Waals surface area (Å²) >= 11 is 0. The molecule has 4 nitrogen and oxygen atoms in total. The Morgan fingerprint density at radius 1 is 1.19 bits per heavy atom. The highest BCUT2D eigenvalue weighted by Gasteiger charge is 2.53. The van der Waals surface area contributed by atoms with Crippen LogP contribution in [0.25, 0.3) is 0 Å². The van der Waals surface area contributed by atoms with Crippen molar-refractivity contribution in [2.75, 3.05) is 4.90 Å². The van der Waals surface area contributed by atoms with Crippen LogP contribution in [0.1, 0.15) is 5.56 Å². The molecule has 0 bridgehead atoms. The van der Waals surface area contributed by atoms with Gasteiger partial charge in [0.1, 0.15) is 18.4 Å². The summed E-state index contributed by atoms with van der Waals surface area (Å²) in [5.74, 6) is 0.759. The van der Waals surface area contributed by atoms with E-state index in [9.17, 15) is 5.11 Å². The first-order valence-electron chi connectivity index (χ1n) is 6.60. The number of fused-ring (bicyclic) bond motifs is 1. The summed E-state index contributed by atoms with van der Waals surface area (Å²) in [6.07, 6.45) is 9.63. The molecule has 0 amide bonds. The highest BCUT2D eigenvalue weighted by atomic mass is 79.9. The minimum atomic E-state index is -1.10. The molecule has 1 aliphatic carbocycles. The van der Waals surface area contributed by atoms with Gasteiger partial charge in [0.2, 0.25) is 5.72 Å². The Kier molecular flexibility index (Phi) is 3.39. The number of aromatic nitrogens is 2. The van der Waals surface area contributed by atoms with E-state index in [0.29, 0.717) is 6.54 Å². The molecular weight excluding hydrogens is 330 g/mol. The number of hydrogen-bond acceptors (Lipinski definition) is 3. The minimum Gasteiger partial charge on any atom is -1.00 e. The van der Waals surface area contributed by atoms with Crippen LogP contribution < -0.4 is 26.4 Å². The molecule has 1 N–H and O–H groups in total. The van der Waals surface area contributed by atoms with Gasteiger partial charge >= 0.3 is 5.95 Å². The highest BCUT2D eigenvalue weighted by molar-refractivity contribution is 5.54. The van der Waals surface area contributed by atoms with E-state index in [1.54, 1.807) is 6.20 Å². The maximum atomic E-state index is 11.3. The summed E-state index contributed by atoms with van der Waals surface area (Å²) in [7, 11) is 0. The Balaban J connectivity index is 0.00000132. The fourth-order valence-electron chi connectivity index (χ4n) is 2.76. The Labute approximate surface area is 133 Å². The molecular formula is C16H14BrN3O. The third kappa shape index (κ3) is 2.01. The van der Waals surface area contributed by atoms with Crippen LogP contribution in [-0.2, 0) is 12.3 Å². The van der Waals surface area contributed by atoms with E-state index in [1.165, 1.54) is 0 Å². The average molecular weight is 344 g/mol. The predicted molar refractivity (Wildman–Crippen MR) is 74.5 cm³/mol. The lowest BCUT2D eigenvalue weighted by molar-refractivity contribution is -0.685. The van der Waals surface area contributed by atoms with E-state index in [-0.39, 0.29) is 17.0 Å². The molecule has 0 radical (unpaired) electrons. The summed E-state index contributed by atoms with van der Waals surface area (Å²) in [6.45, 7) is 0.464. The molecule has 0 spiro atoms. The van der Waals surface area contributed by atoms with Crippen LogP contribution in [0.5, 0.6) is 0 Å². The van der Waals surface area contributed by atoms with Crippen LogP contribution in [0.15, 0.2) is 72.7 Å². The SMILES string of the molecule is OC1(c2ccccc2)C[n+]2cccnc2N1C1=CC=C1.[Br-]. The van der Waals surface area contributed by atoms with Gasteiger partial charge in [0, 0.05) is 11.6 Å². The number of allylic oxidation sites excluding steroid dienone is 3. The van der Waals surface area contributed by atoms with Crippen molar-refractivity contribution in [1.29, 1.82) is 0 Å². The highest BCUT2D eigenvalue weighted by Crippen LogP contribution is 2.38. The number of aliphatic hydroxyl groups is 1. The second-order valence-corrected chi connectivity index (χ2v) is 5.02. The predicted octanol–water partition coefficient (Wildman–Crippen LogP) is -1.51. The van der Waals surface area contributed by atoms with Crippen molar-refractivity contribution in [3.8, 4) is 0 Å². The zero-order valence-electron chi connectivity index (χ0n) is 11.2. The first-order valence-corrected chi connectivity index (χ1v) is 6.60. The molecule has 1 unspecified atom stereocenters. The van der Waals surface area contributed by atoms with Crippen LogP contribution in [0, 0.1) is 0 Å². The molecule has 5 heteroatoms. The standard InChI is InChI=1S/C16H14N3O.BrH/c20-16(13-6-2-1-3-7-13)12-18-11-5-10-17-15(18)19(16)14-8-4-9-14;/h1-11,20H,12H2;1H/q+1;/p-1. The number of rotatable bonds is 2. The molecule has 2 heterocycles. The number of benzene rings is 1. The normalized spacial score (nSPS) is 22.1. The number of halogens is 1. The lowest BCUT2D eigenvalue weighted by atomic mass is 10.0. The van der Waals surface area contributed by atoms with Crippen LogP contribution in [0.4, 0.5) is 5.95 Å². The van der Waals surface area contributed by atoms with Gasteiger partial charge in [-0.15, -0.1) is 0 Å². The number of nitrogens with zero attached hydrogens (tertiary/aromatic N) is 3. The van der Waals surface area contributed by atoms with Crippen molar-refractivity contribution in [2.24, 2.45) is 0 Å². The lowest BCUT2D eigenvalue weighted by Crippen LogP contribution is -3.00. The Morgan fingerprint density at radius 3 is 2.62 bits per heavy atom. The largest absolute Gasteiger partial charge is 1.00 e. The fraction of sp³-hybridized carbons (Fsp3) is 0.125. The van der Waals surface area contributed by atoms with Crippen molar-refractivity contribution >= 4 is 5.95 Å². The van der Waals surface area contributed by atoms with Gasteiger partial charge in [-0.3, -0.25) is 0 Å². The van der Waals surface area contributed by atoms with Crippen LogP contribution in [0.3, 0.4) is 0 Å². The molecule has 21 heavy (non-hydrogen) atoms. The van der Waals surface area contributed by atoms with E-state index in [2.05, 4.69) is 4.98 Å². The van der Waals surface area contributed by atoms with Crippen molar-refractivity contribution in [2.45, 2.75) is 12.3 Å². The smallest absolute Gasteiger partial charge is 0.401 e. The van der Waals surface area contributed by atoms with Crippen molar-refractivity contribution in [3.63, 3.8) is 0 Å². The molecule has 1 aromatic carbocycles. The van der Waals surface area contributed by atoms with Gasteiger partial charge in [0.15, 0.2) is 0 Å². The van der Waals surface area contributed by atoms with Crippen molar-refractivity contribution in [1.82, 2.24) is 4.98 Å². The quantitative estimate of drug-likeness (QED) is 0.674. The van der Waals surface area contributed by atoms with Crippen molar-refractivity contribution in [3.05, 3.63) is 78.3 Å². The van der Waals surface area contributed by atoms with Crippen molar-refractivity contribution < 1.29 is 26.7 Å². The first-order chi connectivity index (χ1) is 9.79. The van der Waals surface area contributed by atoms with Crippen LogP contribution in [0.2, 0.25) is 0 Å². The fourth-order valence-corrected chi connectivity index (χ4v) is 2.76. The number of anilines is 1. The summed E-state index contributed by atoms with van der Waals surface area (Å²) in [5.41, 5.74) is 0.743. The van der Waals surface area contributed by atoms with Crippen LogP contribution in [-0.4, -0.2) is 10.1 Å². The van der Waals surface area contributed by atoms with Gasteiger partial charge in [-0.05, 0) is 12.2 Å². The second-order valence-electron chi connectivity index (χ2n) is 5.02. The van der Waals surface area contributed by atoms with Gasteiger partial charge in [0.05, 0.1) is 6.20 Å². The Morgan fingerprint density at radius 2 is 1.95 bits per heavy atom. The van der Waals surface area contributed by atoms with E-state index < -0.39 is 5.72 Å². The summed E-state index contributed by atoms with van der Waals surface area (Å²) < 4.78 is 1.97. The Bertz CT molecular complexity index is 729. The summed E-state index contributed by atoms with van der Waals surface area (Å²) in [5, 5.41) is 11.3. The molecule has 1 aromatic heterocycles. The van der Waals surface area contributed by atoms with Gasteiger partial charge < -0.3 is 22.1 Å². The van der Waals surface area contributed by atoms with Gasteiger partial charge in [-0.25, -0.2) is 4.57 Å². The zero-order valence-corrected chi connectivity index (χ0v) is 12.8. The monoisotopic (exact) mass is 343 g/mol. The minimum absolute atomic E-state index is 0. The van der Waals surface area contributed by atoms with Crippen LogP contribution >= 0.6 is 0 Å². The molecule has 0 saturated carbocycles. The average Bonchev–Trinajstić information content (AvgIpc) is 2.73. The molecule has 2 aromatic rings. The molecule has 106 valence electrons. The van der Waals surface area contributed by atoms with E-state index in [1.807, 2.05) is 70.3 Å². The second kappa shape index (κ2) is 5.09. The lowest BCUT2D eigenvalue weighted by Gasteiger charge is -2.29. The third-order valence-corrected chi connectivity index (χ3v) is 3.79. The molecule has 2 aliphatic rings. The van der Waals surface area contributed by atoms with Gasteiger partial charge in [-0.2, -0.15) is 4.90 Å².